The molecule has 0 aliphatic rings. The maximum absolute atomic E-state index is 10.8. The largest absolute Gasteiger partial charge is 0.489 e. The van der Waals surface area contributed by atoms with Crippen molar-refractivity contribution >= 4 is 17.9 Å². The summed E-state index contributed by atoms with van der Waals surface area (Å²) in [5, 5.41) is 0.366. The van der Waals surface area contributed by atoms with Crippen LogP contribution in [0.3, 0.4) is 0 Å². The van der Waals surface area contributed by atoms with Gasteiger partial charge in [0.1, 0.15) is 23.9 Å². The van der Waals surface area contributed by atoms with E-state index in [0.717, 1.165) is 11.3 Å². The second-order valence-electron chi connectivity index (χ2n) is 5.15. The van der Waals surface area contributed by atoms with Crippen LogP contribution < -0.4 is 9.47 Å². The van der Waals surface area contributed by atoms with Crippen molar-refractivity contribution in [1.29, 1.82) is 0 Å². The Labute approximate surface area is 145 Å². The monoisotopic (exact) mass is 338 g/mol. The minimum atomic E-state index is 0.366. The summed E-state index contributed by atoms with van der Waals surface area (Å²) in [7, 11) is 0. The van der Waals surface area contributed by atoms with Gasteiger partial charge in [0.2, 0.25) is 0 Å². The standard InChI is InChI=1S/C20H15ClO3/c21-20-12-19(7-6-16(20)13-22)24-18-10-8-17(9-11-18)23-14-15-4-2-1-3-5-15/h1-13H,14H2. The molecule has 0 saturated carbocycles. The van der Waals surface area contributed by atoms with Crippen molar-refractivity contribution in [2.45, 2.75) is 6.61 Å². The molecule has 0 spiro atoms. The van der Waals surface area contributed by atoms with Crippen molar-refractivity contribution < 1.29 is 14.3 Å². The molecule has 4 heteroatoms. The van der Waals surface area contributed by atoms with Gasteiger partial charge in [0, 0.05) is 11.6 Å². The summed E-state index contributed by atoms with van der Waals surface area (Å²) < 4.78 is 11.5. The summed E-state index contributed by atoms with van der Waals surface area (Å²) >= 11 is 5.99. The number of rotatable bonds is 6. The van der Waals surface area contributed by atoms with Gasteiger partial charge >= 0.3 is 0 Å². The van der Waals surface area contributed by atoms with E-state index >= 15 is 0 Å². The van der Waals surface area contributed by atoms with Crippen molar-refractivity contribution in [3.8, 4) is 17.2 Å². The Kier molecular flexibility index (Phi) is 5.14. The highest BCUT2D eigenvalue weighted by molar-refractivity contribution is 6.33. The number of carbonyl (C=O) groups is 1. The number of hydrogen-bond donors (Lipinski definition) is 0. The highest BCUT2D eigenvalue weighted by atomic mass is 35.5. The third-order valence-electron chi connectivity index (χ3n) is 3.41. The average Bonchev–Trinajstić information content (AvgIpc) is 2.62. The lowest BCUT2D eigenvalue weighted by Crippen LogP contribution is -1.94. The summed E-state index contributed by atoms with van der Waals surface area (Å²) in [5.41, 5.74) is 1.55. The number of aldehydes is 1. The van der Waals surface area contributed by atoms with E-state index < -0.39 is 0 Å². The molecule has 0 radical (unpaired) electrons. The first-order valence-electron chi connectivity index (χ1n) is 7.44. The molecule has 0 amide bonds. The molecule has 0 atom stereocenters. The van der Waals surface area contributed by atoms with Gasteiger partial charge in [0.25, 0.3) is 0 Å². The quantitative estimate of drug-likeness (QED) is 0.555. The van der Waals surface area contributed by atoms with E-state index in [1.165, 1.54) is 0 Å². The van der Waals surface area contributed by atoms with Crippen LogP contribution in [0.5, 0.6) is 17.2 Å². The fourth-order valence-electron chi connectivity index (χ4n) is 2.15. The van der Waals surface area contributed by atoms with Crippen molar-refractivity contribution in [2.24, 2.45) is 0 Å². The smallest absolute Gasteiger partial charge is 0.151 e. The van der Waals surface area contributed by atoms with Crippen LogP contribution in [-0.4, -0.2) is 6.29 Å². The van der Waals surface area contributed by atoms with Crippen molar-refractivity contribution in [2.75, 3.05) is 0 Å². The zero-order chi connectivity index (χ0) is 16.8. The summed E-state index contributed by atoms with van der Waals surface area (Å²) in [5.74, 6) is 2.00. The molecule has 0 saturated heterocycles. The number of hydrogen-bond acceptors (Lipinski definition) is 3. The Morgan fingerprint density at radius 1 is 0.833 bits per heavy atom. The molecular formula is C20H15ClO3. The average molecular weight is 339 g/mol. The highest BCUT2D eigenvalue weighted by Crippen LogP contribution is 2.27. The van der Waals surface area contributed by atoms with Crippen LogP contribution in [0.1, 0.15) is 15.9 Å². The zero-order valence-corrected chi connectivity index (χ0v) is 13.6. The van der Waals surface area contributed by atoms with Crippen LogP contribution in [0.25, 0.3) is 0 Å². The summed E-state index contributed by atoms with van der Waals surface area (Å²) in [4.78, 5) is 10.8. The van der Waals surface area contributed by atoms with Gasteiger partial charge in [-0.05, 0) is 42.0 Å². The number of benzene rings is 3. The van der Waals surface area contributed by atoms with Gasteiger partial charge in [-0.1, -0.05) is 41.9 Å². The number of carbonyl (C=O) groups excluding carboxylic acids is 1. The second-order valence-corrected chi connectivity index (χ2v) is 5.56. The highest BCUT2D eigenvalue weighted by Gasteiger charge is 2.03. The Morgan fingerprint density at radius 3 is 2.17 bits per heavy atom. The molecule has 24 heavy (non-hydrogen) atoms. The lowest BCUT2D eigenvalue weighted by molar-refractivity contribution is 0.112. The first-order chi connectivity index (χ1) is 11.7. The van der Waals surface area contributed by atoms with Gasteiger partial charge in [-0.3, -0.25) is 4.79 Å². The minimum Gasteiger partial charge on any atom is -0.489 e. The van der Waals surface area contributed by atoms with Gasteiger partial charge in [0.05, 0.1) is 5.02 Å². The van der Waals surface area contributed by atoms with Crippen molar-refractivity contribution in [3.63, 3.8) is 0 Å². The van der Waals surface area contributed by atoms with Crippen molar-refractivity contribution in [3.05, 3.63) is 88.9 Å². The molecule has 120 valence electrons. The predicted molar refractivity (Wildman–Crippen MR) is 94.1 cm³/mol. The Bertz CT molecular complexity index is 814. The SMILES string of the molecule is O=Cc1ccc(Oc2ccc(OCc3ccccc3)cc2)cc1Cl. The van der Waals surface area contributed by atoms with E-state index in [0.29, 0.717) is 35.0 Å². The van der Waals surface area contributed by atoms with Crippen LogP contribution in [0.2, 0.25) is 5.02 Å². The molecular weight excluding hydrogens is 324 g/mol. The van der Waals surface area contributed by atoms with E-state index in [9.17, 15) is 4.79 Å². The summed E-state index contributed by atoms with van der Waals surface area (Å²) in [6.07, 6.45) is 0.713. The van der Waals surface area contributed by atoms with Crippen LogP contribution in [0, 0.1) is 0 Å². The predicted octanol–water partition coefficient (Wildman–Crippen LogP) is 5.52. The number of halogens is 1. The molecule has 3 aromatic carbocycles. The normalized spacial score (nSPS) is 10.2. The van der Waals surface area contributed by atoms with Crippen LogP contribution in [-0.2, 0) is 6.61 Å². The fourth-order valence-corrected chi connectivity index (χ4v) is 2.36. The molecule has 0 aliphatic heterocycles. The van der Waals surface area contributed by atoms with Gasteiger partial charge in [-0.25, -0.2) is 0 Å². The molecule has 0 aliphatic carbocycles. The first kappa shape index (κ1) is 16.1. The second kappa shape index (κ2) is 7.66. The van der Waals surface area contributed by atoms with Crippen LogP contribution in [0.4, 0.5) is 0 Å². The molecule has 0 N–H and O–H groups in total. The third-order valence-corrected chi connectivity index (χ3v) is 3.73. The topological polar surface area (TPSA) is 35.5 Å². The van der Waals surface area contributed by atoms with E-state index in [4.69, 9.17) is 21.1 Å². The Hall–Kier alpha value is -2.78. The van der Waals surface area contributed by atoms with Gasteiger partial charge in [0.15, 0.2) is 6.29 Å². The minimum absolute atomic E-state index is 0.366. The third kappa shape index (κ3) is 4.15. The molecule has 3 nitrogen and oxygen atoms in total. The summed E-state index contributed by atoms with van der Waals surface area (Å²) in [6, 6.07) is 22.3. The van der Waals surface area contributed by atoms with E-state index in [2.05, 4.69) is 0 Å². The summed E-state index contributed by atoms with van der Waals surface area (Å²) in [6.45, 7) is 0.518. The van der Waals surface area contributed by atoms with E-state index in [1.54, 1.807) is 18.2 Å². The molecule has 3 aromatic rings. The molecule has 3 rings (SSSR count). The van der Waals surface area contributed by atoms with Gasteiger partial charge in [-0.15, -0.1) is 0 Å². The van der Waals surface area contributed by atoms with Crippen LogP contribution in [0.15, 0.2) is 72.8 Å². The fraction of sp³-hybridized carbons (Fsp3) is 0.0500. The Morgan fingerprint density at radius 2 is 1.50 bits per heavy atom. The molecule has 0 aromatic heterocycles. The van der Waals surface area contributed by atoms with E-state index in [1.807, 2.05) is 54.6 Å². The van der Waals surface area contributed by atoms with Gasteiger partial charge < -0.3 is 9.47 Å². The molecule has 0 unspecified atom stereocenters. The lowest BCUT2D eigenvalue weighted by Gasteiger charge is -2.09. The van der Waals surface area contributed by atoms with Crippen LogP contribution >= 0.6 is 11.6 Å². The molecule has 0 heterocycles. The maximum Gasteiger partial charge on any atom is 0.151 e. The van der Waals surface area contributed by atoms with Crippen molar-refractivity contribution in [1.82, 2.24) is 0 Å². The number of ether oxygens (including phenoxy) is 2. The zero-order valence-electron chi connectivity index (χ0n) is 12.8. The maximum atomic E-state index is 10.8. The first-order valence-corrected chi connectivity index (χ1v) is 7.82. The van der Waals surface area contributed by atoms with Gasteiger partial charge in [-0.2, -0.15) is 0 Å². The Balaban J connectivity index is 1.62. The van der Waals surface area contributed by atoms with E-state index in [-0.39, 0.29) is 0 Å². The lowest BCUT2D eigenvalue weighted by atomic mass is 10.2. The molecule has 0 bridgehead atoms. The molecule has 0 fully saturated rings.